The van der Waals surface area contributed by atoms with Crippen LogP contribution in [-0.2, 0) is 11.2 Å². The first kappa shape index (κ1) is 12.9. The molecule has 18 heavy (non-hydrogen) atoms. The van der Waals surface area contributed by atoms with Crippen LogP contribution in [-0.4, -0.2) is 16.7 Å². The Kier molecular flexibility index (Phi) is 3.09. The monoisotopic (exact) mass is 248 g/mol. The summed E-state index contributed by atoms with van der Waals surface area (Å²) in [4.78, 5) is 10.8. The summed E-state index contributed by atoms with van der Waals surface area (Å²) in [6.07, 6.45) is 1.06. The fourth-order valence-corrected chi connectivity index (χ4v) is 2.73. The van der Waals surface area contributed by atoms with Gasteiger partial charge in [-0.2, -0.15) is 0 Å². The van der Waals surface area contributed by atoms with Crippen LogP contribution in [0.5, 0.6) is 5.75 Å². The van der Waals surface area contributed by atoms with E-state index in [1.54, 1.807) is 0 Å². The molecule has 98 valence electrons. The first-order valence-corrected chi connectivity index (χ1v) is 6.33. The van der Waals surface area contributed by atoms with Gasteiger partial charge in [0.2, 0.25) is 0 Å². The summed E-state index contributed by atoms with van der Waals surface area (Å²) in [7, 11) is 0. The third-order valence-electron chi connectivity index (χ3n) is 3.60. The van der Waals surface area contributed by atoms with Gasteiger partial charge in [0.05, 0.1) is 6.42 Å². The molecule has 0 aromatic heterocycles. The standard InChI is InChI=1S/C15H20O3/c1-9(7-14(16)17)11-5-6-13-12(10(11)2)8-15(3,4)18-13/h5-6,9H,7-8H2,1-4H3,(H,16,17). The van der Waals surface area contributed by atoms with Gasteiger partial charge in [-0.25, -0.2) is 0 Å². The first-order valence-electron chi connectivity index (χ1n) is 6.33. The topological polar surface area (TPSA) is 46.5 Å². The van der Waals surface area contributed by atoms with Crippen LogP contribution in [0.3, 0.4) is 0 Å². The van der Waals surface area contributed by atoms with Crippen LogP contribution in [0.25, 0.3) is 0 Å². The molecule has 3 heteroatoms. The second-order valence-electron chi connectivity index (χ2n) is 5.79. The summed E-state index contributed by atoms with van der Waals surface area (Å²) in [5, 5.41) is 8.89. The summed E-state index contributed by atoms with van der Waals surface area (Å²) in [5.74, 6) is 0.235. The van der Waals surface area contributed by atoms with Crippen molar-refractivity contribution in [3.63, 3.8) is 0 Å². The summed E-state index contributed by atoms with van der Waals surface area (Å²) in [5.41, 5.74) is 3.39. The van der Waals surface area contributed by atoms with Crippen molar-refractivity contribution in [2.75, 3.05) is 0 Å². The maximum absolute atomic E-state index is 10.8. The molecule has 0 aliphatic carbocycles. The van der Waals surface area contributed by atoms with Crippen molar-refractivity contribution >= 4 is 5.97 Å². The maximum atomic E-state index is 10.8. The number of carboxylic acid groups (broad SMARTS) is 1. The SMILES string of the molecule is Cc1c(C(C)CC(=O)O)ccc2c1CC(C)(C)O2. The van der Waals surface area contributed by atoms with E-state index in [-0.39, 0.29) is 17.9 Å². The molecule has 1 unspecified atom stereocenters. The van der Waals surface area contributed by atoms with Crippen molar-refractivity contribution in [1.29, 1.82) is 0 Å². The largest absolute Gasteiger partial charge is 0.487 e. The Bertz CT molecular complexity index is 489. The lowest BCUT2D eigenvalue weighted by Gasteiger charge is -2.16. The van der Waals surface area contributed by atoms with E-state index in [1.807, 2.05) is 19.1 Å². The average Bonchev–Trinajstić information content (AvgIpc) is 2.52. The van der Waals surface area contributed by atoms with E-state index in [9.17, 15) is 4.79 Å². The third-order valence-corrected chi connectivity index (χ3v) is 3.60. The summed E-state index contributed by atoms with van der Waals surface area (Å²) >= 11 is 0. The molecule has 0 amide bonds. The third kappa shape index (κ3) is 2.35. The molecule has 1 N–H and O–H groups in total. The Labute approximate surface area is 108 Å². The molecule has 3 nitrogen and oxygen atoms in total. The van der Waals surface area contributed by atoms with Crippen molar-refractivity contribution in [1.82, 2.24) is 0 Å². The van der Waals surface area contributed by atoms with Crippen LogP contribution in [0.4, 0.5) is 0 Å². The van der Waals surface area contributed by atoms with Gasteiger partial charge in [-0.1, -0.05) is 13.0 Å². The van der Waals surface area contributed by atoms with Crippen LogP contribution in [0.15, 0.2) is 12.1 Å². The zero-order valence-corrected chi connectivity index (χ0v) is 11.4. The first-order chi connectivity index (χ1) is 8.30. The Morgan fingerprint density at radius 3 is 2.78 bits per heavy atom. The molecule has 0 saturated carbocycles. The second kappa shape index (κ2) is 4.30. The summed E-state index contributed by atoms with van der Waals surface area (Å²) < 4.78 is 5.87. The van der Waals surface area contributed by atoms with Crippen LogP contribution in [0, 0.1) is 6.92 Å². The highest BCUT2D eigenvalue weighted by Crippen LogP contribution is 2.39. The molecular formula is C15H20O3. The molecule has 1 aliphatic rings. The lowest BCUT2D eigenvalue weighted by Crippen LogP contribution is -2.24. The number of hydrogen-bond acceptors (Lipinski definition) is 2. The molecule has 0 spiro atoms. The van der Waals surface area contributed by atoms with Gasteiger partial charge >= 0.3 is 5.97 Å². The van der Waals surface area contributed by atoms with Crippen molar-refractivity contribution in [3.8, 4) is 5.75 Å². The van der Waals surface area contributed by atoms with Gasteiger partial charge in [0.25, 0.3) is 0 Å². The van der Waals surface area contributed by atoms with Gasteiger partial charge in [-0.15, -0.1) is 0 Å². The molecule has 0 bridgehead atoms. The molecule has 1 aromatic carbocycles. The van der Waals surface area contributed by atoms with Crippen molar-refractivity contribution < 1.29 is 14.6 Å². The van der Waals surface area contributed by atoms with Gasteiger partial charge in [0, 0.05) is 12.0 Å². The van der Waals surface area contributed by atoms with Crippen LogP contribution in [0.2, 0.25) is 0 Å². The van der Waals surface area contributed by atoms with E-state index in [4.69, 9.17) is 9.84 Å². The van der Waals surface area contributed by atoms with Gasteiger partial charge < -0.3 is 9.84 Å². The normalized spacial score (nSPS) is 18.0. The van der Waals surface area contributed by atoms with Crippen LogP contribution < -0.4 is 4.74 Å². The minimum Gasteiger partial charge on any atom is -0.487 e. The van der Waals surface area contributed by atoms with E-state index < -0.39 is 5.97 Å². The summed E-state index contributed by atoms with van der Waals surface area (Å²) in [6, 6.07) is 3.98. The molecule has 0 saturated heterocycles. The quantitative estimate of drug-likeness (QED) is 0.892. The van der Waals surface area contributed by atoms with Gasteiger partial charge in [0.1, 0.15) is 11.4 Å². The van der Waals surface area contributed by atoms with Crippen molar-refractivity contribution in [2.45, 2.75) is 52.1 Å². The fraction of sp³-hybridized carbons (Fsp3) is 0.533. The van der Waals surface area contributed by atoms with E-state index in [0.717, 1.165) is 17.7 Å². The predicted octanol–water partition coefficient (Wildman–Crippen LogP) is 3.29. The van der Waals surface area contributed by atoms with Crippen molar-refractivity contribution in [2.24, 2.45) is 0 Å². The number of hydrogen-bond donors (Lipinski definition) is 1. The zero-order valence-electron chi connectivity index (χ0n) is 11.4. The average molecular weight is 248 g/mol. The fourth-order valence-electron chi connectivity index (χ4n) is 2.73. The molecule has 0 radical (unpaired) electrons. The Hall–Kier alpha value is -1.51. The van der Waals surface area contributed by atoms with E-state index in [2.05, 4.69) is 20.8 Å². The van der Waals surface area contributed by atoms with E-state index in [1.165, 1.54) is 11.1 Å². The number of carboxylic acids is 1. The van der Waals surface area contributed by atoms with E-state index >= 15 is 0 Å². The Morgan fingerprint density at radius 2 is 2.17 bits per heavy atom. The Morgan fingerprint density at radius 1 is 1.50 bits per heavy atom. The second-order valence-corrected chi connectivity index (χ2v) is 5.79. The lowest BCUT2D eigenvalue weighted by atomic mass is 9.88. The van der Waals surface area contributed by atoms with Crippen LogP contribution in [0.1, 0.15) is 49.8 Å². The smallest absolute Gasteiger partial charge is 0.303 e. The Balaban J connectivity index is 2.34. The zero-order chi connectivity index (χ0) is 13.5. The number of rotatable bonds is 3. The highest BCUT2D eigenvalue weighted by molar-refractivity contribution is 5.68. The highest BCUT2D eigenvalue weighted by atomic mass is 16.5. The predicted molar refractivity (Wildman–Crippen MR) is 70.3 cm³/mol. The number of aliphatic carboxylic acids is 1. The van der Waals surface area contributed by atoms with Gasteiger partial charge in [-0.3, -0.25) is 4.79 Å². The van der Waals surface area contributed by atoms with Gasteiger partial charge in [-0.05, 0) is 43.9 Å². The van der Waals surface area contributed by atoms with Crippen molar-refractivity contribution in [3.05, 3.63) is 28.8 Å². The molecule has 1 aromatic rings. The highest BCUT2D eigenvalue weighted by Gasteiger charge is 2.32. The lowest BCUT2D eigenvalue weighted by molar-refractivity contribution is -0.137. The number of benzene rings is 1. The minimum absolute atomic E-state index is 0.0384. The molecule has 0 fully saturated rings. The van der Waals surface area contributed by atoms with E-state index in [0.29, 0.717) is 0 Å². The molecule has 1 aliphatic heterocycles. The minimum atomic E-state index is -0.751. The molecule has 1 heterocycles. The van der Waals surface area contributed by atoms with Gasteiger partial charge in [0.15, 0.2) is 0 Å². The molecule has 1 atom stereocenters. The van der Waals surface area contributed by atoms with Crippen LogP contribution >= 0.6 is 0 Å². The maximum Gasteiger partial charge on any atom is 0.303 e. The number of carbonyl (C=O) groups is 1. The molecule has 2 rings (SSSR count). The number of ether oxygens (including phenoxy) is 1. The number of fused-ring (bicyclic) bond motifs is 1. The molecular weight excluding hydrogens is 228 g/mol. The summed E-state index contributed by atoms with van der Waals surface area (Å²) in [6.45, 7) is 8.18.